The van der Waals surface area contributed by atoms with Crippen LogP contribution in [0.25, 0.3) is 10.4 Å². The van der Waals surface area contributed by atoms with Crippen LogP contribution in [-0.4, -0.2) is 16.2 Å². The number of hydrogen-bond donors (Lipinski definition) is 1. The van der Waals surface area contributed by atoms with Gasteiger partial charge >= 0.3 is 6.16 Å². The summed E-state index contributed by atoms with van der Waals surface area (Å²) in [5.74, 6) is -0.421. The van der Waals surface area contributed by atoms with Crippen LogP contribution in [0.4, 0.5) is 9.18 Å². The van der Waals surface area contributed by atoms with Gasteiger partial charge in [0.25, 0.3) is 0 Å². The Balaban J connectivity index is 2.40. The molecular weight excluding hydrogens is 233 g/mol. The SMILES string of the molecule is O=C(O)Oc1ncsc1-c1cccc(F)c1. The maximum atomic E-state index is 13.0. The van der Waals surface area contributed by atoms with E-state index in [0.29, 0.717) is 10.4 Å². The molecule has 0 bridgehead atoms. The van der Waals surface area contributed by atoms with Crippen LogP contribution in [0.2, 0.25) is 0 Å². The first kappa shape index (κ1) is 10.6. The Labute approximate surface area is 93.9 Å². The van der Waals surface area contributed by atoms with Crippen LogP contribution in [0.5, 0.6) is 5.88 Å². The second-order valence-electron chi connectivity index (χ2n) is 2.86. The van der Waals surface area contributed by atoms with Crippen LogP contribution >= 0.6 is 11.3 Å². The van der Waals surface area contributed by atoms with Gasteiger partial charge in [-0.2, -0.15) is 0 Å². The molecule has 2 aromatic rings. The lowest BCUT2D eigenvalue weighted by molar-refractivity contribution is 0.143. The highest BCUT2D eigenvalue weighted by molar-refractivity contribution is 7.13. The van der Waals surface area contributed by atoms with Gasteiger partial charge in [0.15, 0.2) is 0 Å². The van der Waals surface area contributed by atoms with Gasteiger partial charge in [0.2, 0.25) is 5.88 Å². The van der Waals surface area contributed by atoms with Crippen molar-refractivity contribution in [1.82, 2.24) is 4.98 Å². The molecule has 0 amide bonds. The molecule has 0 saturated heterocycles. The molecule has 16 heavy (non-hydrogen) atoms. The first-order valence-electron chi connectivity index (χ1n) is 4.27. The number of aromatic nitrogens is 1. The van der Waals surface area contributed by atoms with Gasteiger partial charge in [0, 0.05) is 5.56 Å². The molecule has 0 aliphatic heterocycles. The number of carbonyl (C=O) groups is 1. The van der Waals surface area contributed by atoms with Gasteiger partial charge in [-0.15, -0.1) is 11.3 Å². The van der Waals surface area contributed by atoms with E-state index in [9.17, 15) is 9.18 Å². The molecule has 1 N–H and O–H groups in total. The number of halogens is 1. The highest BCUT2D eigenvalue weighted by atomic mass is 32.1. The standard InChI is InChI=1S/C10H6FNO3S/c11-7-3-1-2-6(4-7)8-9(12-5-16-8)15-10(13)14/h1-5H,(H,13,14). The molecule has 4 nitrogen and oxygen atoms in total. The van der Waals surface area contributed by atoms with E-state index in [0.717, 1.165) is 0 Å². The van der Waals surface area contributed by atoms with Crippen molar-refractivity contribution in [3.63, 3.8) is 0 Å². The number of benzene rings is 1. The summed E-state index contributed by atoms with van der Waals surface area (Å²) in [5.41, 5.74) is 1.98. The minimum absolute atomic E-state index is 0.0249. The molecule has 0 spiro atoms. The summed E-state index contributed by atoms with van der Waals surface area (Å²) >= 11 is 1.19. The number of thiazole rings is 1. The van der Waals surface area contributed by atoms with Gasteiger partial charge < -0.3 is 9.84 Å². The molecule has 82 valence electrons. The summed E-state index contributed by atoms with van der Waals surface area (Å²) in [7, 11) is 0. The molecule has 2 rings (SSSR count). The fraction of sp³-hybridized carbons (Fsp3) is 0. The average molecular weight is 239 g/mol. The minimum atomic E-state index is -1.44. The Morgan fingerprint density at radius 2 is 2.31 bits per heavy atom. The number of carboxylic acid groups (broad SMARTS) is 1. The molecule has 0 radical (unpaired) electrons. The third-order valence-corrected chi connectivity index (χ3v) is 2.66. The summed E-state index contributed by atoms with van der Waals surface area (Å²) < 4.78 is 17.5. The van der Waals surface area contributed by atoms with E-state index in [4.69, 9.17) is 5.11 Å². The van der Waals surface area contributed by atoms with Gasteiger partial charge in [0.1, 0.15) is 5.82 Å². The normalized spacial score (nSPS) is 10.1. The molecule has 1 aromatic heterocycles. The van der Waals surface area contributed by atoms with Crippen molar-refractivity contribution in [3.05, 3.63) is 35.6 Å². The highest BCUT2D eigenvalue weighted by Gasteiger charge is 2.13. The lowest BCUT2D eigenvalue weighted by Gasteiger charge is -2.00. The third kappa shape index (κ3) is 2.17. The predicted octanol–water partition coefficient (Wildman–Crippen LogP) is 3.01. The van der Waals surface area contributed by atoms with E-state index in [1.54, 1.807) is 6.07 Å². The van der Waals surface area contributed by atoms with Crippen LogP contribution < -0.4 is 4.74 Å². The van der Waals surface area contributed by atoms with Crippen molar-refractivity contribution in [1.29, 1.82) is 0 Å². The zero-order chi connectivity index (χ0) is 11.5. The maximum Gasteiger partial charge on any atom is 0.512 e. The van der Waals surface area contributed by atoms with Gasteiger partial charge in [-0.3, -0.25) is 0 Å². The first-order valence-corrected chi connectivity index (χ1v) is 5.15. The van der Waals surface area contributed by atoms with Crippen molar-refractivity contribution in [3.8, 4) is 16.3 Å². The lowest BCUT2D eigenvalue weighted by Crippen LogP contribution is -2.03. The second kappa shape index (κ2) is 4.28. The first-order chi connectivity index (χ1) is 7.66. The Kier molecular flexibility index (Phi) is 2.82. The summed E-state index contributed by atoms with van der Waals surface area (Å²) in [5, 5.41) is 8.48. The van der Waals surface area contributed by atoms with Gasteiger partial charge in [-0.05, 0) is 12.1 Å². The fourth-order valence-corrected chi connectivity index (χ4v) is 1.92. The maximum absolute atomic E-state index is 13.0. The second-order valence-corrected chi connectivity index (χ2v) is 3.72. The molecule has 1 heterocycles. The lowest BCUT2D eigenvalue weighted by atomic mass is 10.2. The van der Waals surface area contributed by atoms with Crippen molar-refractivity contribution >= 4 is 17.5 Å². The average Bonchev–Trinajstić information content (AvgIpc) is 2.65. The van der Waals surface area contributed by atoms with E-state index >= 15 is 0 Å². The molecule has 0 unspecified atom stereocenters. The minimum Gasteiger partial charge on any atom is -0.449 e. The van der Waals surface area contributed by atoms with Crippen LogP contribution in [0.1, 0.15) is 0 Å². The Morgan fingerprint density at radius 3 is 3.00 bits per heavy atom. The van der Waals surface area contributed by atoms with Crippen molar-refractivity contribution < 1.29 is 19.0 Å². The largest absolute Gasteiger partial charge is 0.512 e. The molecule has 0 atom stereocenters. The molecule has 6 heteroatoms. The van der Waals surface area contributed by atoms with E-state index in [1.807, 2.05) is 0 Å². The van der Waals surface area contributed by atoms with Crippen LogP contribution in [-0.2, 0) is 0 Å². The highest BCUT2D eigenvalue weighted by Crippen LogP contribution is 2.33. The molecule has 0 fully saturated rings. The van der Waals surface area contributed by atoms with E-state index < -0.39 is 12.0 Å². The number of rotatable bonds is 2. The monoisotopic (exact) mass is 239 g/mol. The van der Waals surface area contributed by atoms with E-state index in [1.165, 1.54) is 35.0 Å². The summed E-state index contributed by atoms with van der Waals surface area (Å²) in [6, 6.07) is 5.80. The Morgan fingerprint density at radius 1 is 1.50 bits per heavy atom. The Bertz CT molecular complexity index is 526. The zero-order valence-electron chi connectivity index (χ0n) is 7.88. The third-order valence-electron chi connectivity index (χ3n) is 1.81. The molecule has 0 saturated carbocycles. The van der Waals surface area contributed by atoms with E-state index in [2.05, 4.69) is 9.72 Å². The molecule has 1 aromatic carbocycles. The van der Waals surface area contributed by atoms with Crippen molar-refractivity contribution in [2.45, 2.75) is 0 Å². The summed E-state index contributed by atoms with van der Waals surface area (Å²) in [6.07, 6.45) is -1.44. The fourth-order valence-electron chi connectivity index (χ4n) is 1.21. The van der Waals surface area contributed by atoms with Gasteiger partial charge in [0.05, 0.1) is 10.4 Å². The van der Waals surface area contributed by atoms with Crippen LogP contribution in [0.15, 0.2) is 29.8 Å². The predicted molar refractivity (Wildman–Crippen MR) is 56.2 cm³/mol. The van der Waals surface area contributed by atoms with Crippen molar-refractivity contribution in [2.75, 3.05) is 0 Å². The summed E-state index contributed by atoms with van der Waals surface area (Å²) in [6.45, 7) is 0. The zero-order valence-corrected chi connectivity index (χ0v) is 8.70. The quantitative estimate of drug-likeness (QED) is 0.818. The Hall–Kier alpha value is -1.95. The number of hydrogen-bond acceptors (Lipinski definition) is 4. The topological polar surface area (TPSA) is 59.4 Å². The number of ether oxygens (including phenoxy) is 1. The molecule has 0 aliphatic carbocycles. The van der Waals surface area contributed by atoms with Crippen molar-refractivity contribution in [2.24, 2.45) is 0 Å². The molecular formula is C10H6FNO3S. The van der Waals surface area contributed by atoms with Gasteiger partial charge in [-0.1, -0.05) is 12.1 Å². The summed E-state index contributed by atoms with van der Waals surface area (Å²) in [4.78, 5) is 14.6. The van der Waals surface area contributed by atoms with E-state index in [-0.39, 0.29) is 5.88 Å². The number of nitrogens with zero attached hydrogens (tertiary/aromatic N) is 1. The van der Waals surface area contributed by atoms with Crippen LogP contribution in [0.3, 0.4) is 0 Å². The molecule has 0 aliphatic rings. The smallest absolute Gasteiger partial charge is 0.449 e. The van der Waals surface area contributed by atoms with Crippen LogP contribution in [0, 0.1) is 5.82 Å². The van der Waals surface area contributed by atoms with Gasteiger partial charge in [-0.25, -0.2) is 14.2 Å².